The molecule has 0 unspecified atom stereocenters. The Hall–Kier alpha value is -5.50. The maximum atomic E-state index is 12.8. The molecule has 2 aliphatic carbocycles. The van der Waals surface area contributed by atoms with Crippen LogP contribution >= 0.6 is 0 Å². The monoisotopic (exact) mass is 604 g/mol. The van der Waals surface area contributed by atoms with Gasteiger partial charge in [-0.1, -0.05) is 56.4 Å². The van der Waals surface area contributed by atoms with E-state index >= 15 is 0 Å². The van der Waals surface area contributed by atoms with Gasteiger partial charge in [-0.15, -0.1) is 0 Å². The van der Waals surface area contributed by atoms with Crippen LogP contribution in [0.5, 0.6) is 0 Å². The number of benzene rings is 3. The fraction of sp³-hybridized carbons (Fsp3) is 0.189. The van der Waals surface area contributed by atoms with Gasteiger partial charge < -0.3 is 21.3 Å². The Labute approximate surface area is 265 Å². The van der Waals surface area contributed by atoms with E-state index in [9.17, 15) is 19.2 Å². The second-order valence-electron chi connectivity index (χ2n) is 9.79. The van der Waals surface area contributed by atoms with Crippen LogP contribution in [0, 0.1) is 0 Å². The number of anilines is 4. The van der Waals surface area contributed by atoms with Crippen molar-refractivity contribution < 1.29 is 19.2 Å². The van der Waals surface area contributed by atoms with Gasteiger partial charge >= 0.3 is 0 Å². The number of hydrogen-bond acceptors (Lipinski definition) is 5. The van der Waals surface area contributed by atoms with Gasteiger partial charge in [0.15, 0.2) is 0 Å². The number of amides is 3. The average Bonchev–Trinajstić information content (AvgIpc) is 3.11. The predicted molar refractivity (Wildman–Crippen MR) is 184 cm³/mol. The Morgan fingerprint density at radius 1 is 0.600 bits per heavy atom. The van der Waals surface area contributed by atoms with Crippen molar-refractivity contribution in [1.82, 2.24) is 0 Å². The van der Waals surface area contributed by atoms with E-state index in [0.717, 1.165) is 43.2 Å². The van der Waals surface area contributed by atoms with Gasteiger partial charge in [0.2, 0.25) is 0 Å². The Morgan fingerprint density at radius 2 is 1.07 bits per heavy atom. The molecule has 8 heteroatoms. The van der Waals surface area contributed by atoms with Gasteiger partial charge in [-0.25, -0.2) is 0 Å². The molecule has 0 aromatic heterocycles. The molecular weight excluding hydrogens is 564 g/mol. The smallest absolute Gasteiger partial charge is 0.255 e. The second kappa shape index (κ2) is 18.2. The number of carbonyl (C=O) groups is 4. The summed E-state index contributed by atoms with van der Waals surface area (Å²) < 4.78 is 0. The molecule has 0 fully saturated rings. The normalized spacial score (nSPS) is 12.9. The van der Waals surface area contributed by atoms with E-state index in [1.54, 1.807) is 60.7 Å². The molecular formula is C37H40N4O4. The van der Waals surface area contributed by atoms with Crippen LogP contribution < -0.4 is 21.3 Å². The minimum atomic E-state index is -0.340. The summed E-state index contributed by atoms with van der Waals surface area (Å²) in [6.45, 7) is 4.00. The highest BCUT2D eigenvalue weighted by Gasteiger charge is 2.12. The summed E-state index contributed by atoms with van der Waals surface area (Å²) in [5.41, 5.74) is 5.00. The quantitative estimate of drug-likeness (QED) is 0.195. The molecule has 45 heavy (non-hydrogen) atoms. The van der Waals surface area contributed by atoms with Crippen LogP contribution in [0.3, 0.4) is 0 Å². The van der Waals surface area contributed by atoms with E-state index in [4.69, 9.17) is 0 Å². The van der Waals surface area contributed by atoms with Gasteiger partial charge in [-0.3, -0.25) is 19.2 Å². The van der Waals surface area contributed by atoms with Crippen molar-refractivity contribution in [3.63, 3.8) is 0 Å². The number of allylic oxidation sites excluding steroid dienone is 6. The number of carbonyl (C=O) groups excluding carboxylic acids is 4. The highest BCUT2D eigenvalue weighted by molar-refractivity contribution is 6.09. The summed E-state index contributed by atoms with van der Waals surface area (Å²) in [6.07, 6.45) is 16.3. The highest BCUT2D eigenvalue weighted by Crippen LogP contribution is 2.19. The predicted octanol–water partition coefficient (Wildman–Crippen LogP) is 7.94. The lowest BCUT2D eigenvalue weighted by molar-refractivity contribution is -0.112. The molecule has 232 valence electrons. The molecule has 0 aliphatic heterocycles. The second-order valence-corrected chi connectivity index (χ2v) is 9.79. The van der Waals surface area contributed by atoms with Crippen molar-refractivity contribution in [3.8, 4) is 0 Å². The Kier molecular flexibility index (Phi) is 13.8. The third-order valence-electron chi connectivity index (χ3n) is 6.64. The SMILES string of the molecule is CC.CNc1ccc(NC(=O)c2cccc(C(=O)Nc3ccc(NC(=O)C4=CCCC=C4)cc3)c2)cc1.O=CC1=CCCC=C1. The maximum absolute atomic E-state index is 12.8. The first-order valence-electron chi connectivity index (χ1n) is 15.1. The Bertz CT molecular complexity index is 1580. The lowest BCUT2D eigenvalue weighted by Crippen LogP contribution is -2.16. The molecule has 0 bridgehead atoms. The van der Waals surface area contributed by atoms with Gasteiger partial charge in [-0.05, 0) is 92.4 Å². The van der Waals surface area contributed by atoms with E-state index in [0.29, 0.717) is 33.8 Å². The molecule has 0 saturated heterocycles. The van der Waals surface area contributed by atoms with Gasteiger partial charge in [-0.2, -0.15) is 0 Å². The molecule has 3 aromatic rings. The lowest BCUT2D eigenvalue weighted by atomic mass is 10.1. The van der Waals surface area contributed by atoms with E-state index in [2.05, 4.69) is 21.3 Å². The first-order valence-corrected chi connectivity index (χ1v) is 15.1. The average molecular weight is 605 g/mol. The molecule has 2 aliphatic rings. The van der Waals surface area contributed by atoms with Crippen LogP contribution in [0.15, 0.2) is 120 Å². The van der Waals surface area contributed by atoms with Crippen LogP contribution in [-0.4, -0.2) is 31.1 Å². The van der Waals surface area contributed by atoms with E-state index < -0.39 is 0 Å². The molecule has 3 amide bonds. The Balaban J connectivity index is 0.000000475. The van der Waals surface area contributed by atoms with Crippen LogP contribution in [0.1, 0.15) is 60.2 Å². The summed E-state index contributed by atoms with van der Waals surface area (Å²) in [7, 11) is 1.82. The van der Waals surface area contributed by atoms with Crippen molar-refractivity contribution in [3.05, 3.63) is 132 Å². The number of nitrogens with one attached hydrogen (secondary N) is 4. The molecule has 3 aromatic carbocycles. The van der Waals surface area contributed by atoms with Gasteiger partial charge in [0.1, 0.15) is 6.29 Å². The molecule has 0 radical (unpaired) electrons. The van der Waals surface area contributed by atoms with E-state index in [1.807, 2.05) is 69.5 Å². The summed E-state index contributed by atoms with van der Waals surface area (Å²) in [5.74, 6) is -0.807. The van der Waals surface area contributed by atoms with E-state index in [-0.39, 0.29) is 17.7 Å². The molecule has 0 heterocycles. The number of aldehydes is 1. The minimum absolute atomic E-state index is 0.161. The topological polar surface area (TPSA) is 116 Å². The molecule has 0 atom stereocenters. The zero-order chi connectivity index (χ0) is 32.4. The van der Waals surface area contributed by atoms with Crippen LogP contribution in [0.25, 0.3) is 0 Å². The van der Waals surface area contributed by atoms with Gasteiger partial charge in [0.25, 0.3) is 17.7 Å². The fourth-order valence-corrected chi connectivity index (χ4v) is 4.27. The summed E-state index contributed by atoms with van der Waals surface area (Å²) in [4.78, 5) is 47.7. The van der Waals surface area contributed by atoms with Crippen molar-refractivity contribution in [2.75, 3.05) is 28.3 Å². The first kappa shape index (κ1) is 34.0. The van der Waals surface area contributed by atoms with Crippen molar-refractivity contribution in [2.45, 2.75) is 39.5 Å². The molecule has 5 rings (SSSR count). The first-order chi connectivity index (χ1) is 21.9. The van der Waals surface area contributed by atoms with Gasteiger partial charge in [0, 0.05) is 52.1 Å². The molecule has 0 saturated carbocycles. The Morgan fingerprint density at radius 3 is 1.47 bits per heavy atom. The highest BCUT2D eigenvalue weighted by atomic mass is 16.2. The molecule has 0 spiro atoms. The van der Waals surface area contributed by atoms with Crippen LogP contribution in [0.4, 0.5) is 22.7 Å². The standard InChI is InChI=1S/C28H26N4O3.C7H8O.C2H6/c1-29-22-10-12-23(13-11-22)31-27(34)20-8-5-9-21(18-20)28(35)32-25-16-14-24(15-17-25)30-26(33)19-6-3-2-4-7-19;8-6-7-4-2-1-3-5-7;1-2/h3,5-18,29H,2,4H2,1H3,(H,30,33)(H,31,34)(H,32,35);2,4-6H,1,3H2;1-2H3. The van der Waals surface area contributed by atoms with Crippen molar-refractivity contribution in [1.29, 1.82) is 0 Å². The number of rotatable bonds is 8. The summed E-state index contributed by atoms with van der Waals surface area (Å²) in [5, 5.41) is 11.5. The molecule has 8 nitrogen and oxygen atoms in total. The van der Waals surface area contributed by atoms with Crippen molar-refractivity contribution >= 4 is 46.8 Å². The third-order valence-corrected chi connectivity index (χ3v) is 6.64. The minimum Gasteiger partial charge on any atom is -0.388 e. The van der Waals surface area contributed by atoms with E-state index in [1.165, 1.54) is 0 Å². The summed E-state index contributed by atoms with van der Waals surface area (Å²) >= 11 is 0. The largest absolute Gasteiger partial charge is 0.388 e. The molecule has 4 N–H and O–H groups in total. The van der Waals surface area contributed by atoms with Crippen LogP contribution in [-0.2, 0) is 9.59 Å². The van der Waals surface area contributed by atoms with Crippen molar-refractivity contribution in [2.24, 2.45) is 0 Å². The lowest BCUT2D eigenvalue weighted by Gasteiger charge is -2.10. The fourth-order valence-electron chi connectivity index (χ4n) is 4.27. The maximum Gasteiger partial charge on any atom is 0.255 e. The van der Waals surface area contributed by atoms with Gasteiger partial charge in [0.05, 0.1) is 0 Å². The summed E-state index contributed by atoms with van der Waals surface area (Å²) in [6, 6.07) is 20.7. The zero-order valence-corrected chi connectivity index (χ0v) is 25.9. The zero-order valence-electron chi connectivity index (χ0n) is 25.9. The third kappa shape index (κ3) is 10.9. The van der Waals surface area contributed by atoms with Crippen LogP contribution in [0.2, 0.25) is 0 Å². The number of hydrogen-bond donors (Lipinski definition) is 4.